The fourth-order valence-electron chi connectivity index (χ4n) is 1.62. The fraction of sp³-hybridized carbons (Fsp3) is 0.250. The molecule has 0 spiro atoms. The van der Waals surface area contributed by atoms with Crippen molar-refractivity contribution in [1.82, 2.24) is 9.59 Å². The zero-order chi connectivity index (χ0) is 15.6. The summed E-state index contributed by atoms with van der Waals surface area (Å²) in [6.07, 6.45) is -4.08. The molecule has 1 amide bonds. The normalized spacial score (nSPS) is 11.5. The Morgan fingerprint density at radius 3 is 2.76 bits per heavy atom. The molecule has 0 radical (unpaired) electrons. The SMILES string of the molecule is CCc1nnsc1C(=O)Nc1ccc(Cl)c(C(F)(F)F)c1. The van der Waals surface area contributed by atoms with Crippen LogP contribution in [0.5, 0.6) is 0 Å². The van der Waals surface area contributed by atoms with Crippen molar-refractivity contribution in [1.29, 1.82) is 0 Å². The van der Waals surface area contributed by atoms with Gasteiger partial charge < -0.3 is 5.32 Å². The molecule has 112 valence electrons. The number of carbonyl (C=O) groups excluding carboxylic acids is 1. The van der Waals surface area contributed by atoms with Gasteiger partial charge in [-0.1, -0.05) is 23.0 Å². The van der Waals surface area contributed by atoms with Crippen LogP contribution in [0.15, 0.2) is 18.2 Å². The lowest BCUT2D eigenvalue weighted by Crippen LogP contribution is -2.13. The average Bonchev–Trinajstić information content (AvgIpc) is 2.88. The van der Waals surface area contributed by atoms with Gasteiger partial charge in [0, 0.05) is 5.69 Å². The van der Waals surface area contributed by atoms with Gasteiger partial charge in [-0.2, -0.15) is 13.2 Å². The lowest BCUT2D eigenvalue weighted by molar-refractivity contribution is -0.137. The van der Waals surface area contributed by atoms with E-state index < -0.39 is 22.7 Å². The van der Waals surface area contributed by atoms with Crippen LogP contribution in [0.1, 0.15) is 27.9 Å². The quantitative estimate of drug-likeness (QED) is 0.921. The molecule has 0 aliphatic rings. The minimum atomic E-state index is -4.58. The van der Waals surface area contributed by atoms with Gasteiger partial charge in [0.05, 0.1) is 16.3 Å². The Bertz CT molecular complexity index is 672. The van der Waals surface area contributed by atoms with E-state index in [1.54, 1.807) is 6.92 Å². The van der Waals surface area contributed by atoms with Crippen LogP contribution in [-0.4, -0.2) is 15.5 Å². The van der Waals surface area contributed by atoms with Crippen LogP contribution < -0.4 is 5.32 Å². The average molecular weight is 336 g/mol. The van der Waals surface area contributed by atoms with Crippen molar-refractivity contribution in [3.8, 4) is 0 Å². The monoisotopic (exact) mass is 335 g/mol. The minimum absolute atomic E-state index is 0.00665. The van der Waals surface area contributed by atoms with E-state index in [0.29, 0.717) is 12.1 Å². The van der Waals surface area contributed by atoms with Crippen LogP contribution >= 0.6 is 23.1 Å². The molecule has 0 aliphatic carbocycles. The van der Waals surface area contributed by atoms with Gasteiger partial charge in [0.25, 0.3) is 5.91 Å². The number of amides is 1. The second kappa shape index (κ2) is 5.98. The van der Waals surface area contributed by atoms with E-state index in [0.717, 1.165) is 23.7 Å². The van der Waals surface area contributed by atoms with Crippen LogP contribution in [0.4, 0.5) is 18.9 Å². The minimum Gasteiger partial charge on any atom is -0.321 e. The molecule has 0 fully saturated rings. The van der Waals surface area contributed by atoms with E-state index in [9.17, 15) is 18.0 Å². The van der Waals surface area contributed by atoms with Crippen molar-refractivity contribution in [2.75, 3.05) is 5.32 Å². The van der Waals surface area contributed by atoms with Crippen molar-refractivity contribution < 1.29 is 18.0 Å². The Balaban J connectivity index is 2.26. The molecule has 1 heterocycles. The molecular formula is C12H9ClF3N3OS. The van der Waals surface area contributed by atoms with Crippen LogP contribution in [0.2, 0.25) is 5.02 Å². The standard InChI is InChI=1S/C12H9ClF3N3OS/c1-2-9-10(21-19-18-9)11(20)17-6-3-4-8(13)7(5-6)12(14,15)16/h3-5H,2H2,1H3,(H,17,20). The van der Waals surface area contributed by atoms with Crippen LogP contribution in [0.25, 0.3) is 0 Å². The number of aromatic nitrogens is 2. The summed E-state index contributed by atoms with van der Waals surface area (Å²) in [5, 5.41) is 5.74. The van der Waals surface area contributed by atoms with E-state index in [4.69, 9.17) is 11.6 Å². The number of hydrogen-bond acceptors (Lipinski definition) is 4. The highest BCUT2D eigenvalue weighted by Crippen LogP contribution is 2.36. The second-order valence-corrected chi connectivity index (χ2v) is 5.21. The molecule has 0 aliphatic heterocycles. The van der Waals surface area contributed by atoms with Crippen molar-refractivity contribution >= 4 is 34.7 Å². The lowest BCUT2D eigenvalue weighted by Gasteiger charge is -2.11. The third-order valence-corrected chi connectivity index (χ3v) is 3.72. The van der Waals surface area contributed by atoms with Crippen molar-refractivity contribution in [3.63, 3.8) is 0 Å². The number of halogens is 4. The molecular weight excluding hydrogens is 327 g/mol. The van der Waals surface area contributed by atoms with Gasteiger partial charge in [0.15, 0.2) is 0 Å². The molecule has 0 saturated heterocycles. The molecule has 2 rings (SSSR count). The Labute approximate surface area is 127 Å². The first kappa shape index (κ1) is 15.7. The summed E-state index contributed by atoms with van der Waals surface area (Å²) in [7, 11) is 0. The third-order valence-electron chi connectivity index (χ3n) is 2.63. The number of aryl methyl sites for hydroxylation is 1. The molecule has 0 saturated carbocycles. The number of rotatable bonds is 3. The summed E-state index contributed by atoms with van der Waals surface area (Å²) < 4.78 is 41.9. The number of carbonyl (C=O) groups is 1. The maximum atomic E-state index is 12.7. The Hall–Kier alpha value is -1.67. The molecule has 0 bridgehead atoms. The summed E-state index contributed by atoms with van der Waals surface area (Å²) in [4.78, 5) is 12.3. The Morgan fingerprint density at radius 1 is 1.43 bits per heavy atom. The maximum absolute atomic E-state index is 12.7. The third kappa shape index (κ3) is 3.51. The topological polar surface area (TPSA) is 54.9 Å². The highest BCUT2D eigenvalue weighted by Gasteiger charge is 2.33. The first-order valence-corrected chi connectivity index (χ1v) is 6.97. The van der Waals surface area contributed by atoms with Gasteiger partial charge in [-0.05, 0) is 36.2 Å². The van der Waals surface area contributed by atoms with Crippen molar-refractivity contribution in [2.24, 2.45) is 0 Å². The number of anilines is 1. The van der Waals surface area contributed by atoms with Crippen molar-refractivity contribution in [3.05, 3.63) is 39.4 Å². The summed E-state index contributed by atoms with van der Waals surface area (Å²) >= 11 is 6.41. The molecule has 4 nitrogen and oxygen atoms in total. The highest BCUT2D eigenvalue weighted by molar-refractivity contribution is 7.08. The van der Waals surface area contributed by atoms with E-state index in [-0.39, 0.29) is 10.6 Å². The van der Waals surface area contributed by atoms with Gasteiger partial charge in [-0.3, -0.25) is 4.79 Å². The first-order valence-electron chi connectivity index (χ1n) is 5.82. The van der Waals surface area contributed by atoms with Gasteiger partial charge >= 0.3 is 6.18 Å². The zero-order valence-corrected chi connectivity index (χ0v) is 12.2. The molecule has 1 aromatic carbocycles. The summed E-state index contributed by atoms with van der Waals surface area (Å²) in [5.74, 6) is -0.544. The largest absolute Gasteiger partial charge is 0.417 e. The van der Waals surface area contributed by atoms with Gasteiger partial charge in [-0.15, -0.1) is 5.10 Å². The fourth-order valence-corrected chi connectivity index (χ4v) is 2.49. The predicted octanol–water partition coefficient (Wildman–Crippen LogP) is 4.03. The number of nitrogens with zero attached hydrogens (tertiary/aromatic N) is 2. The van der Waals surface area contributed by atoms with Gasteiger partial charge in [0.2, 0.25) is 0 Å². The first-order chi connectivity index (χ1) is 9.82. The molecule has 0 atom stereocenters. The van der Waals surface area contributed by atoms with E-state index in [1.165, 1.54) is 6.07 Å². The smallest absolute Gasteiger partial charge is 0.321 e. The lowest BCUT2D eigenvalue weighted by atomic mass is 10.2. The summed E-state index contributed by atoms with van der Waals surface area (Å²) in [5.41, 5.74) is -0.491. The van der Waals surface area contributed by atoms with Crippen LogP contribution in [0.3, 0.4) is 0 Å². The van der Waals surface area contributed by atoms with Crippen LogP contribution in [0, 0.1) is 0 Å². The van der Waals surface area contributed by atoms with E-state index >= 15 is 0 Å². The molecule has 1 N–H and O–H groups in total. The number of benzene rings is 1. The molecule has 1 aromatic heterocycles. The summed E-state index contributed by atoms with van der Waals surface area (Å²) in [6, 6.07) is 3.18. The molecule has 0 unspecified atom stereocenters. The molecule has 9 heteroatoms. The number of hydrogen-bond donors (Lipinski definition) is 1. The van der Waals surface area contributed by atoms with E-state index in [2.05, 4.69) is 14.9 Å². The Kier molecular flexibility index (Phi) is 4.48. The number of alkyl halides is 3. The van der Waals surface area contributed by atoms with Gasteiger partial charge in [0.1, 0.15) is 4.88 Å². The zero-order valence-electron chi connectivity index (χ0n) is 10.7. The van der Waals surface area contributed by atoms with Crippen LogP contribution in [-0.2, 0) is 12.6 Å². The van der Waals surface area contributed by atoms with Crippen molar-refractivity contribution in [2.45, 2.75) is 19.5 Å². The van der Waals surface area contributed by atoms with Gasteiger partial charge in [-0.25, -0.2) is 0 Å². The molecule has 2 aromatic rings. The number of nitrogens with one attached hydrogen (secondary N) is 1. The second-order valence-electron chi connectivity index (χ2n) is 4.05. The summed E-state index contributed by atoms with van der Waals surface area (Å²) in [6.45, 7) is 1.80. The predicted molar refractivity (Wildman–Crippen MR) is 73.7 cm³/mol. The Morgan fingerprint density at radius 2 is 2.14 bits per heavy atom. The maximum Gasteiger partial charge on any atom is 0.417 e. The van der Waals surface area contributed by atoms with E-state index in [1.807, 2.05) is 0 Å². The molecule has 21 heavy (non-hydrogen) atoms. The highest BCUT2D eigenvalue weighted by atomic mass is 35.5.